The summed E-state index contributed by atoms with van der Waals surface area (Å²) in [6.07, 6.45) is 7.61. The second-order valence-corrected chi connectivity index (χ2v) is 9.68. The van der Waals surface area contributed by atoms with Crippen LogP contribution in [0.15, 0.2) is 17.0 Å². The standard InChI is InChI=1S/C21H32N2O6S/c1-27-19-15-17(30(25,26)23-10-12-29-13-11-23)14-18(20(19)28-2)21(24)22-16-8-6-4-3-5-7-9-16/h14-16H,3-13H2,1-2H3,(H,22,24). The first-order valence-corrected chi connectivity index (χ1v) is 12.1. The topological polar surface area (TPSA) is 94.2 Å². The molecule has 0 atom stereocenters. The third-order valence-corrected chi connectivity index (χ3v) is 7.62. The van der Waals surface area contributed by atoms with E-state index in [0.717, 1.165) is 25.7 Å². The van der Waals surface area contributed by atoms with Crippen molar-refractivity contribution in [2.75, 3.05) is 40.5 Å². The second kappa shape index (κ2) is 10.5. The molecule has 30 heavy (non-hydrogen) atoms. The lowest BCUT2D eigenvalue weighted by Gasteiger charge is -2.27. The van der Waals surface area contributed by atoms with Gasteiger partial charge >= 0.3 is 0 Å². The Morgan fingerprint density at radius 1 is 1.03 bits per heavy atom. The highest BCUT2D eigenvalue weighted by molar-refractivity contribution is 7.89. The summed E-state index contributed by atoms with van der Waals surface area (Å²) in [5, 5.41) is 3.08. The van der Waals surface area contributed by atoms with E-state index in [1.165, 1.54) is 49.9 Å². The Hall–Kier alpha value is -1.84. The Morgan fingerprint density at radius 3 is 2.27 bits per heavy atom. The first-order chi connectivity index (χ1) is 14.5. The van der Waals surface area contributed by atoms with E-state index in [-0.39, 0.29) is 47.0 Å². The van der Waals surface area contributed by atoms with Crippen LogP contribution < -0.4 is 14.8 Å². The van der Waals surface area contributed by atoms with Crippen molar-refractivity contribution >= 4 is 15.9 Å². The molecule has 1 saturated carbocycles. The van der Waals surface area contributed by atoms with E-state index < -0.39 is 10.0 Å². The van der Waals surface area contributed by atoms with Crippen molar-refractivity contribution in [3.63, 3.8) is 0 Å². The first kappa shape index (κ1) is 22.8. The van der Waals surface area contributed by atoms with Crippen LogP contribution in [-0.2, 0) is 14.8 Å². The van der Waals surface area contributed by atoms with Gasteiger partial charge in [-0.3, -0.25) is 4.79 Å². The number of ether oxygens (including phenoxy) is 3. The molecule has 9 heteroatoms. The van der Waals surface area contributed by atoms with Gasteiger partial charge in [-0.15, -0.1) is 0 Å². The van der Waals surface area contributed by atoms with E-state index in [1.807, 2.05) is 0 Å². The van der Waals surface area contributed by atoms with E-state index in [1.54, 1.807) is 0 Å². The normalized spacial score (nSPS) is 19.5. The molecule has 0 spiro atoms. The Labute approximate surface area is 178 Å². The van der Waals surface area contributed by atoms with Crippen molar-refractivity contribution in [3.8, 4) is 11.5 Å². The van der Waals surface area contributed by atoms with Crippen molar-refractivity contribution in [2.45, 2.75) is 55.9 Å². The maximum absolute atomic E-state index is 13.1. The summed E-state index contributed by atoms with van der Waals surface area (Å²) in [7, 11) is -0.907. The van der Waals surface area contributed by atoms with E-state index in [4.69, 9.17) is 14.2 Å². The number of hydrogen-bond acceptors (Lipinski definition) is 6. The molecule has 1 aliphatic carbocycles. The number of rotatable bonds is 6. The molecule has 8 nitrogen and oxygen atoms in total. The van der Waals surface area contributed by atoms with Crippen LogP contribution in [-0.4, -0.2) is 65.2 Å². The summed E-state index contributed by atoms with van der Waals surface area (Å²) < 4.78 is 43.7. The Kier molecular flexibility index (Phi) is 7.96. The molecule has 0 unspecified atom stereocenters. The van der Waals surface area contributed by atoms with Crippen molar-refractivity contribution in [2.24, 2.45) is 0 Å². The monoisotopic (exact) mass is 440 g/mol. The first-order valence-electron chi connectivity index (χ1n) is 10.6. The molecule has 0 radical (unpaired) electrons. The van der Waals surface area contributed by atoms with Gasteiger partial charge in [-0.25, -0.2) is 8.42 Å². The zero-order valence-corrected chi connectivity index (χ0v) is 18.6. The molecule has 1 amide bonds. The predicted molar refractivity (Wildman–Crippen MR) is 113 cm³/mol. The molecule has 1 heterocycles. The predicted octanol–water partition coefficient (Wildman–Crippen LogP) is 2.57. The van der Waals surface area contributed by atoms with Gasteiger partial charge < -0.3 is 19.5 Å². The third kappa shape index (κ3) is 5.25. The van der Waals surface area contributed by atoms with Crippen LogP contribution in [0.2, 0.25) is 0 Å². The molecule has 1 aromatic rings. The highest BCUT2D eigenvalue weighted by Gasteiger charge is 2.30. The van der Waals surface area contributed by atoms with Gasteiger partial charge in [0.1, 0.15) is 0 Å². The minimum Gasteiger partial charge on any atom is -0.493 e. The molecular formula is C21H32N2O6S. The molecule has 0 aromatic heterocycles. The Morgan fingerprint density at radius 2 is 1.67 bits per heavy atom. The van der Waals surface area contributed by atoms with Crippen LogP contribution in [0.3, 0.4) is 0 Å². The van der Waals surface area contributed by atoms with Crippen LogP contribution in [0.5, 0.6) is 11.5 Å². The largest absolute Gasteiger partial charge is 0.493 e. The number of amides is 1. The number of morpholine rings is 1. The van der Waals surface area contributed by atoms with Crippen LogP contribution in [0.25, 0.3) is 0 Å². The quantitative estimate of drug-likeness (QED) is 0.731. The zero-order valence-electron chi connectivity index (χ0n) is 17.8. The number of carbonyl (C=O) groups is 1. The van der Waals surface area contributed by atoms with Crippen LogP contribution in [0.4, 0.5) is 0 Å². The fraction of sp³-hybridized carbons (Fsp3) is 0.667. The number of carbonyl (C=O) groups excluding carboxylic acids is 1. The number of nitrogens with one attached hydrogen (secondary N) is 1. The lowest BCUT2D eigenvalue weighted by Crippen LogP contribution is -2.40. The number of benzene rings is 1. The summed E-state index contributed by atoms with van der Waals surface area (Å²) in [4.78, 5) is 13.2. The SMILES string of the molecule is COc1cc(S(=O)(=O)N2CCOCC2)cc(C(=O)NC2CCCCCCC2)c1OC. The van der Waals surface area contributed by atoms with Gasteiger partial charge in [-0.1, -0.05) is 32.1 Å². The fourth-order valence-electron chi connectivity index (χ4n) is 4.06. The summed E-state index contributed by atoms with van der Waals surface area (Å²) >= 11 is 0. The smallest absolute Gasteiger partial charge is 0.255 e. The van der Waals surface area contributed by atoms with Crippen LogP contribution in [0, 0.1) is 0 Å². The number of hydrogen-bond donors (Lipinski definition) is 1. The molecule has 1 aliphatic heterocycles. The molecule has 168 valence electrons. The van der Waals surface area contributed by atoms with Gasteiger partial charge in [-0.05, 0) is 18.9 Å². The van der Waals surface area contributed by atoms with E-state index in [0.29, 0.717) is 13.2 Å². The summed E-state index contributed by atoms with van der Waals surface area (Å²) in [5.74, 6) is 0.117. The zero-order chi connectivity index (χ0) is 21.6. The van der Waals surface area contributed by atoms with Gasteiger partial charge in [-0.2, -0.15) is 4.31 Å². The highest BCUT2D eigenvalue weighted by Crippen LogP contribution is 2.35. The van der Waals surface area contributed by atoms with Crippen molar-refractivity contribution in [1.29, 1.82) is 0 Å². The Balaban J connectivity index is 1.91. The minimum absolute atomic E-state index is 0.0184. The maximum atomic E-state index is 13.1. The average molecular weight is 441 g/mol. The summed E-state index contributed by atoms with van der Waals surface area (Å²) in [6.45, 7) is 1.25. The average Bonchev–Trinajstić information content (AvgIpc) is 2.74. The molecule has 2 aliphatic rings. The van der Waals surface area contributed by atoms with E-state index >= 15 is 0 Å². The summed E-state index contributed by atoms with van der Waals surface area (Å²) in [5.41, 5.74) is 0.172. The minimum atomic E-state index is -3.78. The fourth-order valence-corrected chi connectivity index (χ4v) is 5.51. The third-order valence-electron chi connectivity index (χ3n) is 5.75. The highest BCUT2D eigenvalue weighted by atomic mass is 32.2. The lowest BCUT2D eigenvalue weighted by molar-refractivity contribution is 0.0730. The van der Waals surface area contributed by atoms with Crippen molar-refractivity contribution < 1.29 is 27.4 Å². The van der Waals surface area contributed by atoms with Crippen molar-refractivity contribution in [3.05, 3.63) is 17.7 Å². The van der Waals surface area contributed by atoms with E-state index in [2.05, 4.69) is 5.32 Å². The van der Waals surface area contributed by atoms with Gasteiger partial charge in [0.05, 0.1) is 37.9 Å². The molecular weight excluding hydrogens is 408 g/mol. The number of nitrogens with zero attached hydrogens (tertiary/aromatic N) is 1. The molecule has 3 rings (SSSR count). The van der Waals surface area contributed by atoms with Gasteiger partial charge in [0, 0.05) is 25.2 Å². The summed E-state index contributed by atoms with van der Waals surface area (Å²) in [6, 6.07) is 2.88. The number of methoxy groups -OCH3 is 2. The van der Waals surface area contributed by atoms with E-state index in [9.17, 15) is 13.2 Å². The molecule has 1 N–H and O–H groups in total. The van der Waals surface area contributed by atoms with Crippen LogP contribution in [0.1, 0.15) is 55.3 Å². The van der Waals surface area contributed by atoms with Gasteiger partial charge in [0.25, 0.3) is 5.91 Å². The molecule has 2 fully saturated rings. The number of sulfonamides is 1. The van der Waals surface area contributed by atoms with Gasteiger partial charge in [0.15, 0.2) is 11.5 Å². The molecule has 1 aromatic carbocycles. The van der Waals surface area contributed by atoms with Gasteiger partial charge in [0.2, 0.25) is 10.0 Å². The van der Waals surface area contributed by atoms with Crippen LogP contribution >= 0.6 is 0 Å². The maximum Gasteiger partial charge on any atom is 0.255 e. The molecule has 1 saturated heterocycles. The van der Waals surface area contributed by atoms with Crippen molar-refractivity contribution in [1.82, 2.24) is 9.62 Å². The second-order valence-electron chi connectivity index (χ2n) is 7.74. The Bertz CT molecular complexity index is 828. The molecule has 0 bridgehead atoms. The lowest BCUT2D eigenvalue weighted by atomic mass is 9.96.